The molecule has 1 aromatic heterocycles. The summed E-state index contributed by atoms with van der Waals surface area (Å²) in [5, 5.41) is 2.74. The van der Waals surface area contributed by atoms with Gasteiger partial charge in [0.15, 0.2) is 5.58 Å². The maximum atomic E-state index is 12.3. The SMILES string of the molecule is Cc1cc(N)cc2nc(-c3ccc(NC(=O)OCC4CCN(C(=O)OC(C)(C)C)CC4)cc3)oc12. The molecule has 0 aliphatic carbocycles. The molecule has 0 saturated carbocycles. The summed E-state index contributed by atoms with van der Waals surface area (Å²) in [6, 6.07) is 10.8. The van der Waals surface area contributed by atoms with Crippen molar-refractivity contribution in [3.05, 3.63) is 42.0 Å². The zero-order chi connectivity index (χ0) is 25.2. The minimum atomic E-state index is -0.514. The van der Waals surface area contributed by atoms with Gasteiger partial charge in [-0.25, -0.2) is 14.6 Å². The van der Waals surface area contributed by atoms with E-state index in [-0.39, 0.29) is 12.0 Å². The molecule has 0 unspecified atom stereocenters. The van der Waals surface area contributed by atoms with Crippen LogP contribution >= 0.6 is 0 Å². The van der Waals surface area contributed by atoms with Gasteiger partial charge in [-0.05, 0) is 88.4 Å². The van der Waals surface area contributed by atoms with E-state index in [9.17, 15) is 9.59 Å². The minimum absolute atomic E-state index is 0.207. The highest BCUT2D eigenvalue weighted by atomic mass is 16.6. The average Bonchev–Trinajstić information content (AvgIpc) is 3.22. The second-order valence-corrected chi connectivity index (χ2v) is 9.92. The van der Waals surface area contributed by atoms with Crippen molar-refractivity contribution in [2.45, 2.75) is 46.1 Å². The molecule has 4 rings (SSSR count). The number of carbonyl (C=O) groups excluding carboxylic acids is 2. The van der Waals surface area contributed by atoms with Crippen LogP contribution in [0.15, 0.2) is 40.8 Å². The van der Waals surface area contributed by atoms with E-state index in [0.717, 1.165) is 24.0 Å². The molecule has 2 amide bonds. The summed E-state index contributed by atoms with van der Waals surface area (Å²) in [6.07, 6.45) is 0.712. The lowest BCUT2D eigenvalue weighted by Gasteiger charge is -2.33. The molecule has 3 N–H and O–H groups in total. The highest BCUT2D eigenvalue weighted by Gasteiger charge is 2.27. The number of oxazole rings is 1. The largest absolute Gasteiger partial charge is 0.449 e. The molecule has 0 atom stereocenters. The first-order chi connectivity index (χ1) is 16.6. The molecule has 0 bridgehead atoms. The summed E-state index contributed by atoms with van der Waals surface area (Å²) >= 11 is 0. The molecule has 0 radical (unpaired) electrons. The van der Waals surface area contributed by atoms with E-state index in [4.69, 9.17) is 19.6 Å². The highest BCUT2D eigenvalue weighted by molar-refractivity contribution is 5.85. The van der Waals surface area contributed by atoms with Crippen LogP contribution in [-0.4, -0.2) is 47.4 Å². The molecule has 186 valence electrons. The van der Waals surface area contributed by atoms with Crippen molar-refractivity contribution in [1.82, 2.24) is 9.88 Å². The molecule has 1 saturated heterocycles. The number of nitrogen functional groups attached to an aromatic ring is 1. The average molecular weight is 481 g/mol. The quantitative estimate of drug-likeness (QED) is 0.468. The van der Waals surface area contributed by atoms with E-state index in [1.54, 1.807) is 23.1 Å². The normalized spacial score (nSPS) is 14.7. The van der Waals surface area contributed by atoms with E-state index in [1.165, 1.54) is 0 Å². The van der Waals surface area contributed by atoms with E-state index in [1.807, 2.05) is 45.9 Å². The van der Waals surface area contributed by atoms with Crippen molar-refractivity contribution in [3.63, 3.8) is 0 Å². The third-order valence-corrected chi connectivity index (χ3v) is 5.79. The van der Waals surface area contributed by atoms with Gasteiger partial charge >= 0.3 is 12.2 Å². The van der Waals surface area contributed by atoms with Crippen LogP contribution in [0.2, 0.25) is 0 Å². The maximum Gasteiger partial charge on any atom is 0.411 e. The lowest BCUT2D eigenvalue weighted by Crippen LogP contribution is -2.42. The summed E-state index contributed by atoms with van der Waals surface area (Å²) in [5.41, 5.74) is 9.76. The van der Waals surface area contributed by atoms with Gasteiger partial charge in [-0.2, -0.15) is 0 Å². The molecule has 1 aliphatic rings. The second kappa shape index (κ2) is 9.85. The number of benzene rings is 2. The van der Waals surface area contributed by atoms with Gasteiger partial charge < -0.3 is 24.5 Å². The van der Waals surface area contributed by atoms with Crippen molar-refractivity contribution in [2.75, 3.05) is 30.7 Å². The number of carbonyl (C=O) groups is 2. The van der Waals surface area contributed by atoms with Crippen LogP contribution in [0.25, 0.3) is 22.6 Å². The lowest BCUT2D eigenvalue weighted by molar-refractivity contribution is 0.0153. The number of nitrogens with two attached hydrogens (primary N) is 1. The summed E-state index contributed by atoms with van der Waals surface area (Å²) < 4.78 is 16.7. The summed E-state index contributed by atoms with van der Waals surface area (Å²) in [5.74, 6) is 0.694. The zero-order valence-corrected chi connectivity index (χ0v) is 20.6. The number of aromatic nitrogens is 1. The molecule has 1 fully saturated rings. The minimum Gasteiger partial charge on any atom is -0.449 e. The van der Waals surface area contributed by atoms with Crippen LogP contribution in [0.1, 0.15) is 39.2 Å². The number of likely N-dealkylation sites (tertiary alicyclic amines) is 1. The Balaban J connectivity index is 1.25. The van der Waals surface area contributed by atoms with E-state index in [0.29, 0.717) is 48.1 Å². The number of hydrogen-bond donors (Lipinski definition) is 2. The Morgan fingerprint density at radius 1 is 1.17 bits per heavy atom. The molecule has 9 nitrogen and oxygen atoms in total. The van der Waals surface area contributed by atoms with E-state index >= 15 is 0 Å². The molecule has 2 heterocycles. The van der Waals surface area contributed by atoms with Crippen LogP contribution in [0, 0.1) is 12.8 Å². The van der Waals surface area contributed by atoms with Crippen LogP contribution in [0.4, 0.5) is 21.0 Å². The monoisotopic (exact) mass is 480 g/mol. The number of nitrogens with one attached hydrogen (secondary N) is 1. The van der Waals surface area contributed by atoms with Crippen molar-refractivity contribution in [2.24, 2.45) is 5.92 Å². The van der Waals surface area contributed by atoms with Gasteiger partial charge in [0, 0.05) is 30.0 Å². The number of piperidine rings is 1. The van der Waals surface area contributed by atoms with Crippen molar-refractivity contribution >= 4 is 34.7 Å². The molecular weight excluding hydrogens is 448 g/mol. The summed E-state index contributed by atoms with van der Waals surface area (Å²) in [4.78, 5) is 30.7. The third-order valence-electron chi connectivity index (χ3n) is 5.79. The first kappa shape index (κ1) is 24.4. The fourth-order valence-electron chi connectivity index (χ4n) is 4.00. The Bertz CT molecular complexity index is 1200. The van der Waals surface area contributed by atoms with E-state index in [2.05, 4.69) is 10.3 Å². The standard InChI is InChI=1S/C26H32N4O5/c1-16-13-19(27)14-21-22(16)34-23(29-21)18-5-7-20(8-6-18)28-24(31)33-15-17-9-11-30(12-10-17)25(32)35-26(2,3)4/h5-8,13-14,17H,9-12,15,27H2,1-4H3,(H,28,31). The van der Waals surface area contributed by atoms with Gasteiger partial charge in [0.1, 0.15) is 11.1 Å². The third kappa shape index (κ3) is 6.23. The maximum absolute atomic E-state index is 12.3. The zero-order valence-electron chi connectivity index (χ0n) is 20.6. The van der Waals surface area contributed by atoms with Crippen LogP contribution < -0.4 is 11.1 Å². The number of nitrogens with zero attached hydrogens (tertiary/aromatic N) is 2. The number of aryl methyl sites for hydroxylation is 1. The number of anilines is 2. The first-order valence-electron chi connectivity index (χ1n) is 11.8. The number of fused-ring (bicyclic) bond motifs is 1. The van der Waals surface area contributed by atoms with Gasteiger partial charge in [0.05, 0.1) is 6.61 Å². The predicted molar refractivity (Wildman–Crippen MR) is 134 cm³/mol. The number of amides is 2. The van der Waals surface area contributed by atoms with Gasteiger partial charge in [0.25, 0.3) is 0 Å². The van der Waals surface area contributed by atoms with Crippen LogP contribution in [0.3, 0.4) is 0 Å². The highest BCUT2D eigenvalue weighted by Crippen LogP contribution is 2.29. The Morgan fingerprint density at radius 2 is 1.86 bits per heavy atom. The fraction of sp³-hybridized carbons (Fsp3) is 0.423. The lowest BCUT2D eigenvalue weighted by atomic mass is 9.98. The Kier molecular flexibility index (Phi) is 6.86. The van der Waals surface area contributed by atoms with Crippen LogP contribution in [-0.2, 0) is 9.47 Å². The summed E-state index contributed by atoms with van der Waals surface area (Å²) in [7, 11) is 0. The second-order valence-electron chi connectivity index (χ2n) is 9.92. The fourth-order valence-corrected chi connectivity index (χ4v) is 4.00. The summed E-state index contributed by atoms with van der Waals surface area (Å²) in [6.45, 7) is 8.97. The topological polar surface area (TPSA) is 120 Å². The number of hydrogen-bond acceptors (Lipinski definition) is 7. The molecule has 3 aromatic rings. The number of ether oxygens (including phenoxy) is 2. The van der Waals surface area contributed by atoms with Crippen molar-refractivity contribution in [1.29, 1.82) is 0 Å². The molecular formula is C26H32N4O5. The Morgan fingerprint density at radius 3 is 2.51 bits per heavy atom. The molecule has 1 aliphatic heterocycles. The van der Waals surface area contributed by atoms with E-state index < -0.39 is 11.7 Å². The Labute approximate surface area is 204 Å². The van der Waals surface area contributed by atoms with Crippen LogP contribution in [0.5, 0.6) is 0 Å². The molecule has 35 heavy (non-hydrogen) atoms. The van der Waals surface area contributed by atoms with Gasteiger partial charge in [-0.3, -0.25) is 5.32 Å². The van der Waals surface area contributed by atoms with Gasteiger partial charge in [-0.1, -0.05) is 0 Å². The number of rotatable bonds is 4. The molecule has 0 spiro atoms. The van der Waals surface area contributed by atoms with Gasteiger partial charge in [0.2, 0.25) is 5.89 Å². The molecule has 2 aromatic carbocycles. The van der Waals surface area contributed by atoms with Gasteiger partial charge in [-0.15, -0.1) is 0 Å². The Hall–Kier alpha value is -3.75. The smallest absolute Gasteiger partial charge is 0.411 e. The predicted octanol–water partition coefficient (Wildman–Crippen LogP) is 5.58. The molecule has 9 heteroatoms. The first-order valence-corrected chi connectivity index (χ1v) is 11.8. The van der Waals surface area contributed by atoms with Crippen molar-refractivity contribution < 1.29 is 23.5 Å². The van der Waals surface area contributed by atoms with Crippen molar-refractivity contribution in [3.8, 4) is 11.5 Å².